The van der Waals surface area contributed by atoms with Gasteiger partial charge in [-0.2, -0.15) is 4.31 Å². The van der Waals surface area contributed by atoms with E-state index in [1.807, 2.05) is 12.1 Å². The molecule has 3 heterocycles. The summed E-state index contributed by atoms with van der Waals surface area (Å²) in [7, 11) is -3.14. The molecule has 0 amide bonds. The van der Waals surface area contributed by atoms with E-state index in [0.29, 0.717) is 18.2 Å². The molecule has 0 bridgehead atoms. The van der Waals surface area contributed by atoms with Crippen LogP contribution in [0.3, 0.4) is 0 Å². The average molecular weight is 373 g/mol. The number of hydrogen-bond donors (Lipinski definition) is 1. The third kappa shape index (κ3) is 3.05. The lowest BCUT2D eigenvalue weighted by atomic mass is 9.77. The van der Waals surface area contributed by atoms with Crippen molar-refractivity contribution in [1.29, 1.82) is 0 Å². The van der Waals surface area contributed by atoms with Gasteiger partial charge in [-0.3, -0.25) is 4.90 Å². The predicted molar refractivity (Wildman–Crippen MR) is 96.1 cm³/mol. The van der Waals surface area contributed by atoms with Crippen LogP contribution in [-0.4, -0.2) is 54.7 Å². The summed E-state index contributed by atoms with van der Waals surface area (Å²) in [5.74, 6) is 0.773. The summed E-state index contributed by atoms with van der Waals surface area (Å²) in [4.78, 5) is 2.52. The van der Waals surface area contributed by atoms with E-state index in [0.717, 1.165) is 38.8 Å². The Morgan fingerprint density at radius 2 is 2.04 bits per heavy atom. The van der Waals surface area contributed by atoms with Crippen molar-refractivity contribution in [3.63, 3.8) is 0 Å². The van der Waals surface area contributed by atoms with Crippen molar-refractivity contribution < 1.29 is 13.5 Å². The first-order chi connectivity index (χ1) is 10.9. The maximum atomic E-state index is 12.2. The van der Waals surface area contributed by atoms with Crippen LogP contribution in [0.15, 0.2) is 18.2 Å². The summed E-state index contributed by atoms with van der Waals surface area (Å²) in [5.41, 5.74) is 2.48. The molecule has 3 aliphatic rings. The molecule has 0 aromatic heterocycles. The van der Waals surface area contributed by atoms with Crippen molar-refractivity contribution in [3.8, 4) is 5.75 Å². The van der Waals surface area contributed by atoms with Crippen LogP contribution in [-0.2, 0) is 16.4 Å². The monoisotopic (exact) mass is 372 g/mol. The summed E-state index contributed by atoms with van der Waals surface area (Å²) >= 11 is 0. The molecule has 24 heavy (non-hydrogen) atoms. The molecular weight excluding hydrogens is 348 g/mol. The molecule has 0 radical (unpaired) electrons. The molecule has 7 heteroatoms. The number of benzene rings is 1. The highest BCUT2D eigenvalue weighted by Gasteiger charge is 2.44. The first kappa shape index (κ1) is 18.0. The van der Waals surface area contributed by atoms with Gasteiger partial charge in [0.25, 0.3) is 0 Å². The fraction of sp³-hybridized carbons (Fsp3) is 0.647. The van der Waals surface area contributed by atoms with E-state index in [4.69, 9.17) is 0 Å². The number of nitrogens with zero attached hydrogens (tertiary/aromatic N) is 2. The fourth-order valence-corrected chi connectivity index (χ4v) is 6.02. The summed E-state index contributed by atoms with van der Waals surface area (Å²) in [5, 5.41) is 9.72. The van der Waals surface area contributed by atoms with Gasteiger partial charge in [-0.25, -0.2) is 8.42 Å². The Balaban J connectivity index is 0.00000169. The molecule has 0 aliphatic carbocycles. The minimum Gasteiger partial charge on any atom is -0.508 e. The first-order valence-corrected chi connectivity index (χ1v) is 10.3. The molecule has 4 rings (SSSR count). The van der Waals surface area contributed by atoms with Crippen LogP contribution in [0.1, 0.15) is 36.4 Å². The number of piperidine rings is 2. The quantitative estimate of drug-likeness (QED) is 0.820. The van der Waals surface area contributed by atoms with E-state index in [9.17, 15) is 13.5 Å². The van der Waals surface area contributed by atoms with Gasteiger partial charge in [0.15, 0.2) is 0 Å². The SMILES string of the molecule is CS(=O)(=O)N1CCC[C@@H]2CN3CCc4cc(O)ccc4[C@H]3C[C@@H]21.Cl. The van der Waals surface area contributed by atoms with Gasteiger partial charge in [0.2, 0.25) is 10.0 Å². The van der Waals surface area contributed by atoms with E-state index in [2.05, 4.69) is 4.90 Å². The first-order valence-electron chi connectivity index (χ1n) is 8.46. The second kappa shape index (κ2) is 6.48. The van der Waals surface area contributed by atoms with Crippen LogP contribution in [0.4, 0.5) is 0 Å². The smallest absolute Gasteiger partial charge is 0.211 e. The van der Waals surface area contributed by atoms with Crippen LogP contribution in [0.5, 0.6) is 5.75 Å². The van der Waals surface area contributed by atoms with E-state index in [1.165, 1.54) is 17.4 Å². The largest absolute Gasteiger partial charge is 0.508 e. The molecule has 1 aromatic carbocycles. The van der Waals surface area contributed by atoms with Gasteiger partial charge >= 0.3 is 0 Å². The van der Waals surface area contributed by atoms with Crippen LogP contribution < -0.4 is 0 Å². The number of halogens is 1. The van der Waals surface area contributed by atoms with Crippen LogP contribution in [0.2, 0.25) is 0 Å². The second-order valence-electron chi connectivity index (χ2n) is 7.22. The molecule has 134 valence electrons. The van der Waals surface area contributed by atoms with Crippen LogP contribution >= 0.6 is 12.4 Å². The number of phenolic OH excluding ortho intramolecular Hbond substituents is 1. The Kier molecular flexibility index (Phi) is 4.86. The Bertz CT molecular complexity index is 725. The van der Waals surface area contributed by atoms with Gasteiger partial charge in [0, 0.05) is 31.7 Å². The molecule has 0 spiro atoms. The summed E-state index contributed by atoms with van der Waals surface area (Å²) in [6.07, 6.45) is 5.27. The number of rotatable bonds is 1. The van der Waals surface area contributed by atoms with Crippen molar-refractivity contribution in [3.05, 3.63) is 29.3 Å². The molecule has 0 unspecified atom stereocenters. The maximum Gasteiger partial charge on any atom is 0.211 e. The molecule has 2 saturated heterocycles. The lowest BCUT2D eigenvalue weighted by Gasteiger charge is -2.51. The van der Waals surface area contributed by atoms with E-state index in [1.54, 1.807) is 10.4 Å². The highest BCUT2D eigenvalue weighted by atomic mass is 35.5. The number of phenols is 1. The summed E-state index contributed by atoms with van der Waals surface area (Å²) in [6, 6.07) is 6.05. The molecule has 3 aliphatic heterocycles. The highest BCUT2D eigenvalue weighted by molar-refractivity contribution is 7.88. The molecule has 1 N–H and O–H groups in total. The molecule has 5 nitrogen and oxygen atoms in total. The Morgan fingerprint density at radius 3 is 2.79 bits per heavy atom. The zero-order valence-corrected chi connectivity index (χ0v) is 15.5. The number of fused-ring (bicyclic) bond motifs is 4. The highest BCUT2D eigenvalue weighted by Crippen LogP contribution is 2.43. The lowest BCUT2D eigenvalue weighted by Crippen LogP contribution is -2.57. The van der Waals surface area contributed by atoms with Gasteiger partial charge < -0.3 is 5.11 Å². The normalized spacial score (nSPS) is 30.6. The fourth-order valence-electron chi connectivity index (χ4n) is 4.81. The molecular formula is C17H25ClN2O3S. The van der Waals surface area contributed by atoms with Crippen LogP contribution in [0, 0.1) is 5.92 Å². The maximum absolute atomic E-state index is 12.2. The van der Waals surface area contributed by atoms with Crippen molar-refractivity contribution in [2.75, 3.05) is 25.9 Å². The number of sulfonamides is 1. The van der Waals surface area contributed by atoms with Crippen LogP contribution in [0.25, 0.3) is 0 Å². The second-order valence-corrected chi connectivity index (χ2v) is 9.16. The Hall–Kier alpha value is -0.820. The van der Waals surface area contributed by atoms with Gasteiger partial charge in [-0.15, -0.1) is 12.4 Å². The van der Waals surface area contributed by atoms with Gasteiger partial charge in [-0.1, -0.05) is 6.07 Å². The summed E-state index contributed by atoms with van der Waals surface area (Å²) < 4.78 is 26.1. The minimum atomic E-state index is -3.14. The standard InChI is InChI=1S/C17H24N2O3S.ClH/c1-23(21,22)19-7-2-3-13-11-18-8-6-12-9-14(20)4-5-15(12)17(18)10-16(13)19;/h4-5,9,13,16-17,20H,2-3,6-8,10-11H2,1H3;1H/t13-,16+,17-;/m1./s1. The average Bonchev–Trinajstić information content (AvgIpc) is 2.51. The van der Waals surface area contributed by atoms with Gasteiger partial charge in [0.1, 0.15) is 5.75 Å². The predicted octanol–water partition coefficient (Wildman–Crippen LogP) is 2.16. The van der Waals surface area contributed by atoms with Gasteiger partial charge in [-0.05, 0) is 54.9 Å². The third-order valence-electron chi connectivity index (χ3n) is 5.82. The van der Waals surface area contributed by atoms with E-state index < -0.39 is 10.0 Å². The van der Waals surface area contributed by atoms with E-state index in [-0.39, 0.29) is 24.5 Å². The van der Waals surface area contributed by atoms with Gasteiger partial charge in [0.05, 0.1) is 6.26 Å². The third-order valence-corrected chi connectivity index (χ3v) is 7.13. The summed E-state index contributed by atoms with van der Waals surface area (Å²) in [6.45, 7) is 2.65. The van der Waals surface area contributed by atoms with Crippen molar-refractivity contribution in [2.45, 2.75) is 37.8 Å². The molecule has 2 fully saturated rings. The minimum absolute atomic E-state index is 0. The zero-order chi connectivity index (χ0) is 16.2. The molecule has 0 saturated carbocycles. The Morgan fingerprint density at radius 1 is 1.25 bits per heavy atom. The number of aromatic hydroxyl groups is 1. The van der Waals surface area contributed by atoms with Crippen molar-refractivity contribution in [1.82, 2.24) is 9.21 Å². The lowest BCUT2D eigenvalue weighted by molar-refractivity contribution is 0.0222. The van der Waals surface area contributed by atoms with Crippen molar-refractivity contribution >= 4 is 22.4 Å². The topological polar surface area (TPSA) is 60.9 Å². The Labute approximate surface area is 150 Å². The number of hydrogen-bond acceptors (Lipinski definition) is 4. The van der Waals surface area contributed by atoms with Crippen molar-refractivity contribution in [2.24, 2.45) is 5.92 Å². The van der Waals surface area contributed by atoms with E-state index >= 15 is 0 Å². The molecule has 1 aromatic rings. The molecule has 3 atom stereocenters. The zero-order valence-electron chi connectivity index (χ0n) is 13.9.